The van der Waals surface area contributed by atoms with Crippen LogP contribution in [0.4, 0.5) is 0 Å². The number of amides is 1. The van der Waals surface area contributed by atoms with Gasteiger partial charge in [0, 0.05) is 37.3 Å². The summed E-state index contributed by atoms with van der Waals surface area (Å²) >= 11 is 0. The highest BCUT2D eigenvalue weighted by Gasteiger charge is 2.28. The van der Waals surface area contributed by atoms with E-state index in [0.717, 1.165) is 29.8 Å². The van der Waals surface area contributed by atoms with E-state index in [1.54, 1.807) is 0 Å². The van der Waals surface area contributed by atoms with E-state index in [1.165, 1.54) is 0 Å². The lowest BCUT2D eigenvalue weighted by Gasteiger charge is -2.36. The minimum Gasteiger partial charge on any atom is -0.419 e. The second-order valence-corrected chi connectivity index (χ2v) is 7.19. The molecule has 2 heterocycles. The molecule has 28 heavy (non-hydrogen) atoms. The first-order valence-corrected chi connectivity index (χ1v) is 9.60. The van der Waals surface area contributed by atoms with Crippen molar-refractivity contribution in [2.75, 3.05) is 26.2 Å². The van der Waals surface area contributed by atoms with E-state index in [-0.39, 0.29) is 11.9 Å². The van der Waals surface area contributed by atoms with Crippen LogP contribution in [0.2, 0.25) is 0 Å². The van der Waals surface area contributed by atoms with Crippen LogP contribution in [-0.4, -0.2) is 52.1 Å². The summed E-state index contributed by atoms with van der Waals surface area (Å²) in [5, 5.41) is 8.48. The molecule has 1 aliphatic rings. The van der Waals surface area contributed by atoms with Gasteiger partial charge in [-0.05, 0) is 38.1 Å². The van der Waals surface area contributed by atoms with Gasteiger partial charge in [0.15, 0.2) is 0 Å². The van der Waals surface area contributed by atoms with Crippen LogP contribution < -0.4 is 0 Å². The number of aromatic nitrogens is 2. The predicted octanol–water partition coefficient (Wildman–Crippen LogP) is 3.56. The van der Waals surface area contributed by atoms with E-state index in [4.69, 9.17) is 4.42 Å². The van der Waals surface area contributed by atoms with Gasteiger partial charge in [0.05, 0.1) is 6.04 Å². The van der Waals surface area contributed by atoms with Crippen LogP contribution in [0.15, 0.2) is 59.0 Å². The van der Waals surface area contributed by atoms with Gasteiger partial charge in [-0.15, -0.1) is 10.2 Å². The van der Waals surface area contributed by atoms with E-state index >= 15 is 0 Å². The summed E-state index contributed by atoms with van der Waals surface area (Å²) < 4.78 is 5.94. The van der Waals surface area contributed by atoms with Crippen molar-refractivity contribution in [1.29, 1.82) is 0 Å². The summed E-state index contributed by atoms with van der Waals surface area (Å²) in [6, 6.07) is 17.5. The summed E-state index contributed by atoms with van der Waals surface area (Å²) in [5.41, 5.74) is 2.83. The van der Waals surface area contributed by atoms with Crippen molar-refractivity contribution in [3.63, 3.8) is 0 Å². The molecule has 1 atom stereocenters. The Morgan fingerprint density at radius 3 is 2.46 bits per heavy atom. The zero-order valence-corrected chi connectivity index (χ0v) is 16.2. The fourth-order valence-electron chi connectivity index (χ4n) is 3.53. The molecule has 6 nitrogen and oxygen atoms in total. The molecule has 0 saturated carbocycles. The molecule has 0 aliphatic carbocycles. The molecule has 1 aliphatic heterocycles. The first kappa shape index (κ1) is 18.4. The van der Waals surface area contributed by atoms with E-state index in [9.17, 15) is 4.79 Å². The van der Waals surface area contributed by atoms with Gasteiger partial charge in [-0.1, -0.05) is 35.9 Å². The third-order valence-corrected chi connectivity index (χ3v) is 5.23. The van der Waals surface area contributed by atoms with Gasteiger partial charge in [0.2, 0.25) is 11.8 Å². The molecule has 0 bridgehead atoms. The molecule has 1 amide bonds. The van der Waals surface area contributed by atoms with Crippen molar-refractivity contribution in [2.45, 2.75) is 19.9 Å². The van der Waals surface area contributed by atoms with Crippen molar-refractivity contribution in [2.24, 2.45) is 0 Å². The predicted molar refractivity (Wildman–Crippen MR) is 107 cm³/mol. The highest BCUT2D eigenvalue weighted by molar-refractivity contribution is 5.94. The molecule has 3 aromatic rings. The molecule has 1 aromatic heterocycles. The largest absolute Gasteiger partial charge is 0.419 e. The van der Waals surface area contributed by atoms with Crippen LogP contribution in [0, 0.1) is 6.92 Å². The Morgan fingerprint density at radius 2 is 1.75 bits per heavy atom. The number of carbonyl (C=O) groups excluding carboxylic acids is 1. The van der Waals surface area contributed by atoms with Crippen molar-refractivity contribution in [1.82, 2.24) is 20.0 Å². The standard InChI is InChI=1S/C22H24N4O2/c1-16-7-6-10-19(15-16)21-24-23-20(28-21)17(2)25-11-13-26(14-12-25)22(27)18-8-4-3-5-9-18/h3-10,15,17H,11-14H2,1-2H3/t17-/m0/s1. The smallest absolute Gasteiger partial charge is 0.253 e. The number of benzene rings is 2. The lowest BCUT2D eigenvalue weighted by molar-refractivity contribution is 0.0559. The Bertz CT molecular complexity index is 946. The Balaban J connectivity index is 1.39. The summed E-state index contributed by atoms with van der Waals surface area (Å²) in [4.78, 5) is 16.8. The molecule has 6 heteroatoms. The zero-order chi connectivity index (χ0) is 19.5. The van der Waals surface area contributed by atoms with Gasteiger partial charge in [-0.2, -0.15) is 0 Å². The average Bonchev–Trinajstić information content (AvgIpc) is 3.24. The molecule has 4 rings (SSSR count). The van der Waals surface area contributed by atoms with Crippen LogP contribution in [0.25, 0.3) is 11.5 Å². The molecule has 2 aromatic carbocycles. The third-order valence-electron chi connectivity index (χ3n) is 5.23. The van der Waals surface area contributed by atoms with Gasteiger partial charge < -0.3 is 9.32 Å². The number of hydrogen-bond donors (Lipinski definition) is 0. The Hall–Kier alpha value is -2.99. The SMILES string of the molecule is Cc1cccc(-c2nnc([C@H](C)N3CCN(C(=O)c4ccccc4)CC3)o2)c1. The van der Waals surface area contributed by atoms with Crippen LogP contribution in [0.3, 0.4) is 0 Å². The molecular formula is C22H24N4O2. The maximum absolute atomic E-state index is 12.6. The quantitative estimate of drug-likeness (QED) is 0.697. The van der Waals surface area contributed by atoms with E-state index < -0.39 is 0 Å². The van der Waals surface area contributed by atoms with Gasteiger partial charge in [0.1, 0.15) is 0 Å². The molecular weight excluding hydrogens is 352 g/mol. The van der Waals surface area contributed by atoms with Crippen LogP contribution in [0.1, 0.15) is 34.8 Å². The van der Waals surface area contributed by atoms with Crippen LogP contribution in [-0.2, 0) is 0 Å². The topological polar surface area (TPSA) is 62.5 Å². The molecule has 1 fully saturated rings. The van der Waals surface area contributed by atoms with Crippen molar-refractivity contribution >= 4 is 5.91 Å². The van der Waals surface area contributed by atoms with Gasteiger partial charge in [-0.25, -0.2) is 0 Å². The fraction of sp³-hybridized carbons (Fsp3) is 0.318. The summed E-state index contributed by atoms with van der Waals surface area (Å²) in [7, 11) is 0. The van der Waals surface area contributed by atoms with E-state index in [0.29, 0.717) is 24.9 Å². The van der Waals surface area contributed by atoms with Crippen molar-refractivity contribution in [3.8, 4) is 11.5 Å². The molecule has 1 saturated heterocycles. The fourth-order valence-corrected chi connectivity index (χ4v) is 3.53. The first-order valence-electron chi connectivity index (χ1n) is 9.60. The number of rotatable bonds is 4. The minimum absolute atomic E-state index is 0.0139. The van der Waals surface area contributed by atoms with Crippen LogP contribution >= 0.6 is 0 Å². The molecule has 0 radical (unpaired) electrons. The number of piperazine rings is 1. The lowest BCUT2D eigenvalue weighted by Crippen LogP contribution is -2.49. The third kappa shape index (κ3) is 3.82. The zero-order valence-electron chi connectivity index (χ0n) is 16.2. The maximum atomic E-state index is 12.6. The normalized spacial score (nSPS) is 16.1. The first-order chi connectivity index (χ1) is 13.6. The van der Waals surface area contributed by atoms with E-state index in [1.807, 2.05) is 66.4 Å². The number of aryl methyl sites for hydroxylation is 1. The highest BCUT2D eigenvalue weighted by atomic mass is 16.4. The second-order valence-electron chi connectivity index (χ2n) is 7.19. The summed E-state index contributed by atoms with van der Waals surface area (Å²) in [5.74, 6) is 1.25. The minimum atomic E-state index is 0.0139. The summed E-state index contributed by atoms with van der Waals surface area (Å²) in [6.45, 7) is 7.06. The Labute approximate surface area is 164 Å². The highest BCUT2D eigenvalue weighted by Crippen LogP contribution is 2.25. The number of carbonyl (C=O) groups is 1. The average molecular weight is 376 g/mol. The monoisotopic (exact) mass is 376 g/mol. The molecule has 0 N–H and O–H groups in total. The molecule has 0 unspecified atom stereocenters. The Kier molecular flexibility index (Phi) is 5.21. The van der Waals surface area contributed by atoms with Gasteiger partial charge in [0.25, 0.3) is 5.91 Å². The Morgan fingerprint density at radius 1 is 1.00 bits per heavy atom. The summed E-state index contributed by atoms with van der Waals surface area (Å²) in [6.07, 6.45) is 0. The van der Waals surface area contributed by atoms with Gasteiger partial charge in [-0.3, -0.25) is 9.69 Å². The van der Waals surface area contributed by atoms with Gasteiger partial charge >= 0.3 is 0 Å². The van der Waals surface area contributed by atoms with Crippen molar-refractivity contribution in [3.05, 3.63) is 71.6 Å². The number of nitrogens with zero attached hydrogens (tertiary/aromatic N) is 4. The van der Waals surface area contributed by atoms with E-state index in [2.05, 4.69) is 22.0 Å². The second kappa shape index (κ2) is 7.94. The lowest BCUT2D eigenvalue weighted by atomic mass is 10.1. The maximum Gasteiger partial charge on any atom is 0.253 e. The van der Waals surface area contributed by atoms with Crippen molar-refractivity contribution < 1.29 is 9.21 Å². The van der Waals surface area contributed by atoms with Crippen LogP contribution in [0.5, 0.6) is 0 Å². The molecule has 0 spiro atoms. The number of hydrogen-bond acceptors (Lipinski definition) is 5. The molecule has 144 valence electrons.